The van der Waals surface area contributed by atoms with Crippen LogP contribution in [0.1, 0.15) is 49.7 Å². The number of benzene rings is 2. The number of nitrogens with one attached hydrogen (secondary N) is 2. The molecule has 0 aromatic heterocycles. The van der Waals surface area contributed by atoms with Crippen LogP contribution in [-0.2, 0) is 14.3 Å². The molecule has 0 saturated heterocycles. The Morgan fingerprint density at radius 2 is 1.66 bits per heavy atom. The molecule has 0 unspecified atom stereocenters. The van der Waals surface area contributed by atoms with E-state index >= 15 is 0 Å². The molecule has 168 valence electrons. The molecular formula is C25H28N2O5. The highest BCUT2D eigenvalue weighted by molar-refractivity contribution is 5.83. The second-order valence-electron chi connectivity index (χ2n) is 8.68. The molecule has 2 amide bonds. The molecule has 0 aliphatic heterocycles. The maximum Gasteiger partial charge on any atom is 0.407 e. The van der Waals surface area contributed by atoms with Crippen LogP contribution in [0, 0.1) is 5.92 Å². The van der Waals surface area contributed by atoms with E-state index in [9.17, 15) is 14.4 Å². The number of carboxylic acid groups (broad SMARTS) is 1. The minimum Gasteiger partial charge on any atom is -0.480 e. The Kier molecular flexibility index (Phi) is 6.44. The van der Waals surface area contributed by atoms with E-state index in [1.165, 1.54) is 29.2 Å². The number of hydrogen-bond donors (Lipinski definition) is 3. The van der Waals surface area contributed by atoms with Gasteiger partial charge in [0.1, 0.15) is 12.6 Å². The summed E-state index contributed by atoms with van der Waals surface area (Å²) < 4.78 is 5.60. The van der Waals surface area contributed by atoms with Crippen LogP contribution in [0.5, 0.6) is 0 Å². The van der Waals surface area contributed by atoms with Gasteiger partial charge in [-0.3, -0.25) is 9.59 Å². The minimum absolute atomic E-state index is 0.0180. The van der Waals surface area contributed by atoms with Crippen molar-refractivity contribution >= 4 is 18.0 Å². The van der Waals surface area contributed by atoms with Gasteiger partial charge < -0.3 is 20.5 Å². The predicted molar refractivity (Wildman–Crippen MR) is 119 cm³/mol. The van der Waals surface area contributed by atoms with Crippen molar-refractivity contribution in [1.29, 1.82) is 0 Å². The van der Waals surface area contributed by atoms with E-state index in [0.717, 1.165) is 12.8 Å². The van der Waals surface area contributed by atoms with Crippen molar-refractivity contribution in [1.82, 2.24) is 10.6 Å². The van der Waals surface area contributed by atoms with Crippen molar-refractivity contribution in [2.45, 2.75) is 50.6 Å². The molecule has 32 heavy (non-hydrogen) atoms. The van der Waals surface area contributed by atoms with Gasteiger partial charge in [0.2, 0.25) is 5.91 Å². The number of rotatable bonds is 7. The fraction of sp³-hybridized carbons (Fsp3) is 0.400. The van der Waals surface area contributed by atoms with Gasteiger partial charge in [0, 0.05) is 18.4 Å². The molecule has 2 aliphatic rings. The molecular weight excluding hydrogens is 408 g/mol. The van der Waals surface area contributed by atoms with Crippen molar-refractivity contribution in [3.63, 3.8) is 0 Å². The summed E-state index contributed by atoms with van der Waals surface area (Å²) in [7, 11) is 0. The van der Waals surface area contributed by atoms with Crippen LogP contribution in [0.3, 0.4) is 0 Å². The van der Waals surface area contributed by atoms with Gasteiger partial charge in [0.25, 0.3) is 0 Å². The summed E-state index contributed by atoms with van der Waals surface area (Å²) in [5.74, 6) is -1.19. The third-order valence-electron chi connectivity index (χ3n) is 6.43. The average Bonchev–Trinajstić information content (AvgIpc) is 3.34. The smallest absolute Gasteiger partial charge is 0.407 e. The molecule has 2 aromatic rings. The van der Waals surface area contributed by atoms with Crippen molar-refractivity contribution in [2.24, 2.45) is 5.92 Å². The van der Waals surface area contributed by atoms with Crippen molar-refractivity contribution in [2.75, 3.05) is 6.61 Å². The lowest BCUT2D eigenvalue weighted by atomic mass is 9.98. The number of carboxylic acids is 1. The first-order valence-electron chi connectivity index (χ1n) is 11.1. The minimum atomic E-state index is -1.06. The van der Waals surface area contributed by atoms with Crippen LogP contribution in [0.25, 0.3) is 11.1 Å². The lowest BCUT2D eigenvalue weighted by Crippen LogP contribution is -2.39. The van der Waals surface area contributed by atoms with Crippen LogP contribution in [0.2, 0.25) is 0 Å². The van der Waals surface area contributed by atoms with Crippen LogP contribution in [0.15, 0.2) is 48.5 Å². The van der Waals surface area contributed by atoms with Gasteiger partial charge in [-0.25, -0.2) is 4.79 Å². The first kappa shape index (κ1) is 21.9. The third kappa shape index (κ3) is 4.77. The lowest BCUT2D eigenvalue weighted by molar-refractivity contribution is -0.141. The highest BCUT2D eigenvalue weighted by Gasteiger charge is 2.31. The van der Waals surface area contributed by atoms with E-state index < -0.39 is 18.1 Å². The normalized spacial score (nSPS) is 20.2. The summed E-state index contributed by atoms with van der Waals surface area (Å²) in [6.45, 7) is 1.71. The molecule has 2 aromatic carbocycles. The topological polar surface area (TPSA) is 105 Å². The van der Waals surface area contributed by atoms with Crippen LogP contribution in [0.4, 0.5) is 4.79 Å². The molecule has 0 radical (unpaired) electrons. The SMILES string of the molecule is C[C@H](NC(=O)C[C@H]1CC[C@@H](NC(=O)OCC2c3ccccc3-c3ccccc32)C1)C(=O)O. The van der Waals surface area contributed by atoms with Gasteiger partial charge >= 0.3 is 12.1 Å². The Morgan fingerprint density at radius 1 is 1.03 bits per heavy atom. The summed E-state index contributed by atoms with van der Waals surface area (Å²) in [6.07, 6.45) is 2.08. The molecule has 0 heterocycles. The number of ether oxygens (including phenoxy) is 1. The zero-order chi connectivity index (χ0) is 22.7. The monoisotopic (exact) mass is 436 g/mol. The highest BCUT2D eigenvalue weighted by Crippen LogP contribution is 2.44. The van der Waals surface area contributed by atoms with Gasteiger partial charge in [0.15, 0.2) is 0 Å². The molecule has 4 rings (SSSR count). The molecule has 3 atom stereocenters. The molecule has 2 aliphatic carbocycles. The zero-order valence-corrected chi connectivity index (χ0v) is 18.0. The summed E-state index contributed by atoms with van der Waals surface area (Å²) >= 11 is 0. The molecule has 0 spiro atoms. The third-order valence-corrected chi connectivity index (χ3v) is 6.43. The highest BCUT2D eigenvalue weighted by atomic mass is 16.5. The van der Waals surface area contributed by atoms with E-state index in [4.69, 9.17) is 9.84 Å². The largest absolute Gasteiger partial charge is 0.480 e. The van der Waals surface area contributed by atoms with E-state index in [-0.39, 0.29) is 36.8 Å². The number of hydrogen-bond acceptors (Lipinski definition) is 4. The van der Waals surface area contributed by atoms with Gasteiger partial charge in [-0.05, 0) is 54.4 Å². The fourth-order valence-electron chi connectivity index (χ4n) is 4.82. The van der Waals surface area contributed by atoms with Gasteiger partial charge in [-0.1, -0.05) is 48.5 Å². The summed E-state index contributed by atoms with van der Waals surface area (Å²) in [5, 5.41) is 14.3. The quantitative estimate of drug-likeness (QED) is 0.614. The van der Waals surface area contributed by atoms with Gasteiger partial charge in [0.05, 0.1) is 0 Å². The number of amides is 2. The maximum absolute atomic E-state index is 12.5. The van der Waals surface area contributed by atoms with Crippen molar-refractivity contribution in [3.05, 3.63) is 59.7 Å². The summed E-state index contributed by atoms with van der Waals surface area (Å²) in [6, 6.07) is 15.5. The standard InChI is InChI=1S/C25H28N2O5/c1-15(24(29)30)26-23(28)13-16-10-11-17(12-16)27-25(31)32-14-22-20-8-4-2-6-18(20)19-7-3-5-9-21(19)22/h2-9,15-17,22H,10-14H2,1H3,(H,26,28)(H,27,31)(H,29,30)/t15-,16-,17+/m0/s1. The average molecular weight is 437 g/mol. The number of carbonyl (C=O) groups is 3. The maximum atomic E-state index is 12.5. The summed E-state index contributed by atoms with van der Waals surface area (Å²) in [5.41, 5.74) is 4.71. The molecule has 7 heteroatoms. The van der Waals surface area contributed by atoms with Gasteiger partial charge in [-0.15, -0.1) is 0 Å². The Hall–Kier alpha value is -3.35. The van der Waals surface area contributed by atoms with Crippen molar-refractivity contribution in [3.8, 4) is 11.1 Å². The molecule has 1 fully saturated rings. The zero-order valence-electron chi connectivity index (χ0n) is 18.0. The first-order chi connectivity index (χ1) is 15.4. The summed E-state index contributed by atoms with van der Waals surface area (Å²) in [4.78, 5) is 35.3. The Labute approximate surface area is 187 Å². The van der Waals surface area contributed by atoms with E-state index in [1.807, 2.05) is 24.3 Å². The van der Waals surface area contributed by atoms with Crippen LogP contribution in [-0.4, -0.2) is 41.8 Å². The van der Waals surface area contributed by atoms with Gasteiger partial charge in [-0.2, -0.15) is 0 Å². The number of alkyl carbamates (subject to hydrolysis) is 1. The predicted octanol–water partition coefficient (Wildman–Crippen LogP) is 3.67. The van der Waals surface area contributed by atoms with Crippen LogP contribution >= 0.6 is 0 Å². The number of aliphatic carboxylic acids is 1. The Morgan fingerprint density at radius 3 is 2.28 bits per heavy atom. The second kappa shape index (κ2) is 9.42. The van der Waals surface area contributed by atoms with E-state index in [2.05, 4.69) is 34.9 Å². The molecule has 1 saturated carbocycles. The van der Waals surface area contributed by atoms with E-state index in [1.54, 1.807) is 0 Å². The molecule has 0 bridgehead atoms. The Bertz CT molecular complexity index is 975. The van der Waals surface area contributed by atoms with Crippen molar-refractivity contribution < 1.29 is 24.2 Å². The van der Waals surface area contributed by atoms with E-state index in [0.29, 0.717) is 6.42 Å². The fourth-order valence-corrected chi connectivity index (χ4v) is 4.82. The molecule has 7 nitrogen and oxygen atoms in total. The number of fused-ring (bicyclic) bond motifs is 3. The van der Waals surface area contributed by atoms with Crippen LogP contribution < -0.4 is 10.6 Å². The Balaban J connectivity index is 1.27. The molecule has 3 N–H and O–H groups in total. The number of carbonyl (C=O) groups excluding carboxylic acids is 2. The lowest BCUT2D eigenvalue weighted by Gasteiger charge is -2.17. The second-order valence-corrected chi connectivity index (χ2v) is 8.68. The first-order valence-corrected chi connectivity index (χ1v) is 11.1.